The summed E-state index contributed by atoms with van der Waals surface area (Å²) in [6.07, 6.45) is 6.85. The van der Waals surface area contributed by atoms with Crippen molar-refractivity contribution >= 4 is 11.8 Å². The molecule has 0 saturated heterocycles. The number of nitrogens with one attached hydrogen (secondary N) is 2. The van der Waals surface area contributed by atoms with Crippen LogP contribution in [0.4, 0.5) is 0 Å². The molecule has 0 radical (unpaired) electrons. The third-order valence-electron chi connectivity index (χ3n) is 5.11. The van der Waals surface area contributed by atoms with Gasteiger partial charge in [-0.1, -0.05) is 0 Å². The zero-order chi connectivity index (χ0) is 13.7. The number of hydrogen-bond acceptors (Lipinski definition) is 4. The van der Waals surface area contributed by atoms with Crippen LogP contribution in [0.1, 0.15) is 29.9 Å². The van der Waals surface area contributed by atoms with E-state index in [9.17, 15) is 9.59 Å². The topological polar surface area (TPSA) is 84.0 Å². The van der Waals surface area contributed by atoms with Crippen LogP contribution in [0.3, 0.4) is 0 Å². The minimum absolute atomic E-state index is 0.0547. The van der Waals surface area contributed by atoms with E-state index in [1.165, 1.54) is 31.7 Å². The summed E-state index contributed by atoms with van der Waals surface area (Å²) in [4.78, 5) is 31.5. The summed E-state index contributed by atoms with van der Waals surface area (Å²) in [7, 11) is 0. The predicted molar refractivity (Wildman–Crippen MR) is 68.9 cm³/mol. The minimum atomic E-state index is -0.479. The molecule has 2 N–H and O–H groups in total. The molecule has 0 aliphatic heterocycles. The van der Waals surface area contributed by atoms with Crippen molar-refractivity contribution in [2.75, 3.05) is 0 Å². The third-order valence-corrected chi connectivity index (χ3v) is 5.11. The SMILES string of the molecule is O=C(NNC(=O)C1[C@@H]2[C@H]3CC[C@H](C3)[C@H]12)c1ncccn1. The Morgan fingerprint density at radius 1 is 1.05 bits per heavy atom. The molecule has 1 aromatic rings. The fraction of sp³-hybridized carbons (Fsp3) is 0.571. The number of aromatic nitrogens is 2. The lowest BCUT2D eigenvalue weighted by Gasteiger charge is -2.10. The number of carbonyl (C=O) groups excluding carboxylic acids is 2. The first-order valence-electron chi connectivity index (χ1n) is 7.13. The Kier molecular flexibility index (Phi) is 2.52. The quantitative estimate of drug-likeness (QED) is 0.769. The van der Waals surface area contributed by atoms with Gasteiger partial charge in [0.1, 0.15) is 0 Å². The molecule has 2 bridgehead atoms. The summed E-state index contributed by atoms with van der Waals surface area (Å²) in [5.41, 5.74) is 4.92. The summed E-state index contributed by atoms with van der Waals surface area (Å²) in [5, 5.41) is 0. The highest BCUT2D eigenvalue weighted by molar-refractivity contribution is 5.92. The van der Waals surface area contributed by atoms with Crippen molar-refractivity contribution in [3.63, 3.8) is 0 Å². The van der Waals surface area contributed by atoms with E-state index in [4.69, 9.17) is 0 Å². The largest absolute Gasteiger partial charge is 0.307 e. The van der Waals surface area contributed by atoms with Crippen molar-refractivity contribution in [2.45, 2.75) is 19.3 Å². The monoisotopic (exact) mass is 272 g/mol. The van der Waals surface area contributed by atoms with Crippen LogP contribution in [0.2, 0.25) is 0 Å². The lowest BCUT2D eigenvalue weighted by molar-refractivity contribution is -0.124. The van der Waals surface area contributed by atoms with Gasteiger partial charge in [-0.3, -0.25) is 20.4 Å². The van der Waals surface area contributed by atoms with Crippen LogP contribution in [0.15, 0.2) is 18.5 Å². The molecule has 6 nitrogen and oxygen atoms in total. The molecule has 3 fully saturated rings. The Morgan fingerprint density at radius 2 is 1.70 bits per heavy atom. The first-order valence-corrected chi connectivity index (χ1v) is 7.13. The smallest absolute Gasteiger partial charge is 0.273 e. The minimum Gasteiger partial charge on any atom is -0.273 e. The molecule has 4 rings (SSSR count). The highest BCUT2D eigenvalue weighted by Gasteiger charge is 2.67. The molecular weight excluding hydrogens is 256 g/mol. The number of fused-ring (bicyclic) bond motifs is 5. The summed E-state index contributed by atoms with van der Waals surface area (Å²) in [6, 6.07) is 1.64. The van der Waals surface area contributed by atoms with Gasteiger partial charge in [-0.2, -0.15) is 0 Å². The summed E-state index contributed by atoms with van der Waals surface area (Å²) >= 11 is 0. The second-order valence-electron chi connectivity index (χ2n) is 6.03. The van der Waals surface area contributed by atoms with E-state index in [-0.39, 0.29) is 17.6 Å². The van der Waals surface area contributed by atoms with Gasteiger partial charge in [-0.15, -0.1) is 0 Å². The molecular formula is C14H16N4O2. The van der Waals surface area contributed by atoms with Gasteiger partial charge < -0.3 is 0 Å². The maximum absolute atomic E-state index is 12.1. The Balaban J connectivity index is 1.33. The fourth-order valence-electron chi connectivity index (χ4n) is 4.35. The van der Waals surface area contributed by atoms with Crippen molar-refractivity contribution in [1.82, 2.24) is 20.8 Å². The Labute approximate surface area is 116 Å². The van der Waals surface area contributed by atoms with E-state index in [0.29, 0.717) is 11.8 Å². The van der Waals surface area contributed by atoms with Crippen LogP contribution in [0, 0.1) is 29.6 Å². The molecule has 3 aliphatic carbocycles. The Hall–Kier alpha value is -1.98. The van der Waals surface area contributed by atoms with E-state index >= 15 is 0 Å². The zero-order valence-corrected chi connectivity index (χ0v) is 11.0. The van der Waals surface area contributed by atoms with Gasteiger partial charge in [0.25, 0.3) is 0 Å². The highest BCUT2D eigenvalue weighted by Crippen LogP contribution is 2.69. The lowest BCUT2D eigenvalue weighted by Crippen LogP contribution is -2.43. The van der Waals surface area contributed by atoms with Gasteiger partial charge in [-0.25, -0.2) is 9.97 Å². The van der Waals surface area contributed by atoms with E-state index < -0.39 is 5.91 Å². The molecule has 104 valence electrons. The highest BCUT2D eigenvalue weighted by atomic mass is 16.2. The molecule has 3 saturated carbocycles. The van der Waals surface area contributed by atoms with Crippen LogP contribution in [0.5, 0.6) is 0 Å². The van der Waals surface area contributed by atoms with Gasteiger partial charge in [0, 0.05) is 18.3 Å². The Morgan fingerprint density at radius 3 is 2.35 bits per heavy atom. The first kappa shape index (κ1) is 11.8. The average molecular weight is 272 g/mol. The fourth-order valence-corrected chi connectivity index (χ4v) is 4.35. The maximum atomic E-state index is 12.1. The molecule has 6 heteroatoms. The molecule has 2 amide bonds. The van der Waals surface area contributed by atoms with Crippen LogP contribution >= 0.6 is 0 Å². The number of hydrazine groups is 1. The van der Waals surface area contributed by atoms with Gasteiger partial charge in [-0.05, 0) is 49.0 Å². The van der Waals surface area contributed by atoms with Crippen molar-refractivity contribution in [3.05, 3.63) is 24.3 Å². The zero-order valence-electron chi connectivity index (χ0n) is 11.0. The molecule has 1 aromatic heterocycles. The Bertz CT molecular complexity index is 546. The first-order chi connectivity index (χ1) is 9.75. The molecule has 20 heavy (non-hydrogen) atoms. The summed E-state index contributed by atoms with van der Waals surface area (Å²) in [6.45, 7) is 0. The van der Waals surface area contributed by atoms with Crippen LogP contribution in [0.25, 0.3) is 0 Å². The summed E-state index contributed by atoms with van der Waals surface area (Å²) in [5.74, 6) is 2.26. The predicted octanol–water partition coefficient (Wildman–Crippen LogP) is 0.530. The van der Waals surface area contributed by atoms with Gasteiger partial charge in [0.15, 0.2) is 0 Å². The van der Waals surface area contributed by atoms with Crippen molar-refractivity contribution in [1.29, 1.82) is 0 Å². The second-order valence-corrected chi connectivity index (χ2v) is 6.03. The summed E-state index contributed by atoms with van der Waals surface area (Å²) < 4.78 is 0. The standard InChI is InChI=1S/C14H16N4O2/c19-13(11-9-7-2-3-8(6-7)10(9)11)17-18-14(20)12-15-4-1-5-16-12/h1,4-5,7-11H,2-3,6H2,(H,17,19)(H,18,20)/t7-,8+,9+,10-,11?. The third kappa shape index (κ3) is 1.71. The number of carbonyl (C=O) groups is 2. The molecule has 1 unspecified atom stereocenters. The van der Waals surface area contributed by atoms with E-state index in [0.717, 1.165) is 11.8 Å². The molecule has 0 aromatic carbocycles. The second kappa shape index (κ2) is 4.26. The van der Waals surface area contributed by atoms with E-state index in [1.807, 2.05) is 0 Å². The number of hydrogen-bond donors (Lipinski definition) is 2. The van der Waals surface area contributed by atoms with Crippen molar-refractivity contribution in [2.24, 2.45) is 29.6 Å². The van der Waals surface area contributed by atoms with Crippen LogP contribution in [-0.4, -0.2) is 21.8 Å². The van der Waals surface area contributed by atoms with Crippen LogP contribution < -0.4 is 10.9 Å². The lowest BCUT2D eigenvalue weighted by atomic mass is 10.0. The maximum Gasteiger partial charge on any atom is 0.307 e. The molecule has 1 heterocycles. The van der Waals surface area contributed by atoms with Gasteiger partial charge in [0.05, 0.1) is 0 Å². The van der Waals surface area contributed by atoms with Crippen LogP contribution in [-0.2, 0) is 4.79 Å². The number of rotatable bonds is 2. The van der Waals surface area contributed by atoms with Gasteiger partial charge in [0.2, 0.25) is 11.7 Å². The van der Waals surface area contributed by atoms with Crippen molar-refractivity contribution < 1.29 is 9.59 Å². The van der Waals surface area contributed by atoms with Gasteiger partial charge >= 0.3 is 5.91 Å². The van der Waals surface area contributed by atoms with E-state index in [2.05, 4.69) is 20.8 Å². The molecule has 3 aliphatic rings. The van der Waals surface area contributed by atoms with E-state index in [1.54, 1.807) is 6.07 Å². The number of amides is 2. The normalized spacial score (nSPS) is 36.3. The molecule has 5 atom stereocenters. The molecule has 0 spiro atoms. The number of nitrogens with zero attached hydrogens (tertiary/aromatic N) is 2. The average Bonchev–Trinajstić information content (AvgIpc) is 2.93. The van der Waals surface area contributed by atoms with Crippen molar-refractivity contribution in [3.8, 4) is 0 Å².